The maximum absolute atomic E-state index is 12.0. The Bertz CT molecular complexity index is 1910. The van der Waals surface area contributed by atoms with Crippen LogP contribution in [-0.4, -0.2) is 54.2 Å². The number of ether oxygens (including phenoxy) is 3. The van der Waals surface area contributed by atoms with Crippen molar-refractivity contribution in [2.75, 3.05) is 27.9 Å². The van der Waals surface area contributed by atoms with Gasteiger partial charge in [-0.3, -0.25) is 0 Å². The average molecular weight is 707 g/mol. The first-order valence-electron chi connectivity index (χ1n) is 16.8. The Kier molecular flexibility index (Phi) is 10.9. The van der Waals surface area contributed by atoms with Crippen LogP contribution < -0.4 is 15.6 Å². The molecule has 0 radical (unpaired) electrons. The highest BCUT2D eigenvalue weighted by Crippen LogP contribution is 2.24. The lowest BCUT2D eigenvalue weighted by Gasteiger charge is -2.33. The summed E-state index contributed by atoms with van der Waals surface area (Å²) in [6.45, 7) is 2.52. The van der Waals surface area contributed by atoms with Gasteiger partial charge in [0, 0.05) is 6.61 Å². The predicted molar refractivity (Wildman–Crippen MR) is 206 cm³/mol. The van der Waals surface area contributed by atoms with Gasteiger partial charge in [0.2, 0.25) is 0 Å². The molecule has 0 spiro atoms. The summed E-state index contributed by atoms with van der Waals surface area (Å²) in [5, 5.41) is 3.24. The molecule has 0 heterocycles. The summed E-state index contributed by atoms with van der Waals surface area (Å²) in [6.07, 6.45) is 0. The molecular weight excluding hydrogens is 669 g/mol. The second-order valence-electron chi connectivity index (χ2n) is 12.1. The van der Waals surface area contributed by atoms with Gasteiger partial charge in [0.1, 0.15) is 0 Å². The minimum atomic E-state index is -3.07. The molecule has 0 aliphatic carbocycles. The van der Waals surface area contributed by atoms with Crippen molar-refractivity contribution in [2.45, 2.75) is 6.92 Å². The Balaban J connectivity index is 1.41. The van der Waals surface area contributed by atoms with Crippen LogP contribution in [0.2, 0.25) is 0 Å². The highest BCUT2D eigenvalue weighted by Gasteiger charge is 2.41. The molecule has 0 aliphatic heterocycles. The van der Waals surface area contributed by atoms with Crippen LogP contribution in [0.1, 0.15) is 38.0 Å². The van der Waals surface area contributed by atoms with E-state index in [1.165, 1.54) is 21.3 Å². The molecule has 0 saturated carbocycles. The van der Waals surface area contributed by atoms with E-state index in [0.29, 0.717) is 23.3 Å². The first-order valence-corrected chi connectivity index (χ1v) is 18.7. The lowest BCUT2D eigenvalue weighted by molar-refractivity contribution is 0.0592. The zero-order valence-corrected chi connectivity index (χ0v) is 30.4. The molecule has 0 bridgehead atoms. The molecule has 52 heavy (non-hydrogen) atoms. The van der Waals surface area contributed by atoms with E-state index in [9.17, 15) is 14.4 Å². The number of methoxy groups -OCH3 is 3. The molecule has 0 fully saturated rings. The smallest absolute Gasteiger partial charge is 0.337 e. The van der Waals surface area contributed by atoms with Gasteiger partial charge in [0.15, 0.2) is 0 Å². The molecule has 0 N–H and O–H groups in total. The van der Waals surface area contributed by atoms with E-state index in [4.69, 9.17) is 18.6 Å². The Morgan fingerprint density at radius 2 is 0.596 bits per heavy atom. The van der Waals surface area contributed by atoms with Crippen molar-refractivity contribution in [2.24, 2.45) is 0 Å². The molecule has 0 aromatic heterocycles. The Morgan fingerprint density at radius 1 is 0.385 bits per heavy atom. The summed E-state index contributed by atoms with van der Waals surface area (Å²) >= 11 is 0. The van der Waals surface area contributed by atoms with Crippen LogP contribution in [0.3, 0.4) is 0 Å². The Labute approximate surface area is 304 Å². The fourth-order valence-corrected chi connectivity index (χ4v) is 10.2. The van der Waals surface area contributed by atoms with E-state index < -0.39 is 8.32 Å². The number of carbonyl (C=O) groups is 3. The highest BCUT2D eigenvalue weighted by molar-refractivity contribution is 7.07. The first kappa shape index (κ1) is 35.7. The number of hydrogen-bond donors (Lipinski definition) is 0. The van der Waals surface area contributed by atoms with Crippen LogP contribution in [0.5, 0.6) is 0 Å². The number of esters is 3. The van der Waals surface area contributed by atoms with E-state index in [2.05, 4.69) is 72.8 Å². The van der Waals surface area contributed by atoms with Gasteiger partial charge in [0.25, 0.3) is 8.32 Å². The van der Waals surface area contributed by atoms with Gasteiger partial charge in [0.05, 0.1) is 38.0 Å². The van der Waals surface area contributed by atoms with Gasteiger partial charge >= 0.3 is 17.9 Å². The number of rotatable bonds is 11. The highest BCUT2D eigenvalue weighted by atomic mass is 28.4. The third-order valence-electron chi connectivity index (χ3n) is 9.15. The Morgan fingerprint density at radius 3 is 0.788 bits per heavy atom. The molecule has 8 heteroatoms. The van der Waals surface area contributed by atoms with Crippen molar-refractivity contribution in [3.8, 4) is 33.4 Å². The van der Waals surface area contributed by atoms with Crippen molar-refractivity contribution in [1.82, 2.24) is 0 Å². The molecule has 6 aromatic carbocycles. The quantitative estimate of drug-likeness (QED) is 0.0618. The van der Waals surface area contributed by atoms with Crippen molar-refractivity contribution in [3.63, 3.8) is 0 Å². The van der Waals surface area contributed by atoms with Crippen molar-refractivity contribution in [1.29, 1.82) is 0 Å². The second-order valence-corrected chi connectivity index (χ2v) is 15.4. The lowest BCUT2D eigenvalue weighted by Crippen LogP contribution is -2.69. The van der Waals surface area contributed by atoms with E-state index in [1.807, 2.05) is 43.3 Å². The second kappa shape index (κ2) is 15.8. The summed E-state index contributed by atoms with van der Waals surface area (Å²) in [5.74, 6) is -1.12. The van der Waals surface area contributed by atoms with Gasteiger partial charge < -0.3 is 18.6 Å². The standard InChI is InChI=1S/C44H38O7Si/c1-5-51-52(39-24-18-33(19-25-39)30-6-12-36(13-7-30)42(45)48-2,40-26-20-34(21-27-40)31-8-14-37(15-9-31)43(46)49-3)41-28-22-35(23-29-41)32-10-16-38(17-11-32)44(47)50-4/h6-29H,5H2,1-4H3. The van der Waals surface area contributed by atoms with Crippen molar-refractivity contribution in [3.05, 3.63) is 162 Å². The average Bonchev–Trinajstić information content (AvgIpc) is 3.22. The molecule has 0 saturated heterocycles. The van der Waals surface area contributed by atoms with E-state index >= 15 is 0 Å². The van der Waals surface area contributed by atoms with Crippen LogP contribution in [-0.2, 0) is 18.6 Å². The minimum Gasteiger partial charge on any atom is -0.465 e. The van der Waals surface area contributed by atoms with Crippen LogP contribution in [0.25, 0.3) is 33.4 Å². The summed E-state index contributed by atoms with van der Waals surface area (Å²) in [4.78, 5) is 36.0. The van der Waals surface area contributed by atoms with E-state index in [-0.39, 0.29) is 17.9 Å². The molecule has 0 atom stereocenters. The monoisotopic (exact) mass is 706 g/mol. The number of hydrogen-bond acceptors (Lipinski definition) is 7. The van der Waals surface area contributed by atoms with Gasteiger partial charge in [-0.1, -0.05) is 109 Å². The summed E-state index contributed by atoms with van der Waals surface area (Å²) in [5.41, 5.74) is 7.46. The fourth-order valence-electron chi connectivity index (χ4n) is 6.41. The molecule has 0 amide bonds. The third-order valence-corrected chi connectivity index (χ3v) is 13.3. The van der Waals surface area contributed by atoms with Crippen molar-refractivity contribution < 1.29 is 33.0 Å². The van der Waals surface area contributed by atoms with Gasteiger partial charge in [-0.05, 0) is 92.3 Å². The number of benzene rings is 6. The van der Waals surface area contributed by atoms with Crippen molar-refractivity contribution >= 4 is 41.8 Å². The molecular formula is C44H38O7Si. The first-order chi connectivity index (χ1) is 25.3. The van der Waals surface area contributed by atoms with Crippen LogP contribution in [0.15, 0.2) is 146 Å². The topological polar surface area (TPSA) is 88.1 Å². The predicted octanol–water partition coefficient (Wildman–Crippen LogP) is 7.05. The summed E-state index contributed by atoms with van der Waals surface area (Å²) < 4.78 is 21.6. The lowest BCUT2D eigenvalue weighted by atomic mass is 10.0. The maximum Gasteiger partial charge on any atom is 0.337 e. The van der Waals surface area contributed by atoms with E-state index in [1.54, 1.807) is 36.4 Å². The summed E-state index contributed by atoms with van der Waals surface area (Å²) in [6, 6.07) is 47.5. The molecule has 0 aliphatic rings. The Hall–Kier alpha value is -6.09. The largest absolute Gasteiger partial charge is 0.465 e. The van der Waals surface area contributed by atoms with Gasteiger partial charge in [-0.15, -0.1) is 0 Å². The summed E-state index contributed by atoms with van der Waals surface area (Å²) in [7, 11) is 1.05. The minimum absolute atomic E-state index is 0.372. The third kappa shape index (κ3) is 7.21. The SMILES string of the molecule is CCO[Si](c1ccc(-c2ccc(C(=O)OC)cc2)cc1)(c1ccc(-c2ccc(C(=O)OC)cc2)cc1)c1ccc(-c2ccc(C(=O)OC)cc2)cc1. The molecule has 6 aromatic rings. The zero-order chi connectivity index (χ0) is 36.7. The molecule has 260 valence electrons. The molecule has 6 rings (SSSR count). The van der Waals surface area contributed by atoms with Crippen LogP contribution in [0.4, 0.5) is 0 Å². The van der Waals surface area contributed by atoms with Gasteiger partial charge in [-0.25, -0.2) is 14.4 Å². The molecule has 7 nitrogen and oxygen atoms in total. The van der Waals surface area contributed by atoms with Gasteiger partial charge in [-0.2, -0.15) is 0 Å². The zero-order valence-electron chi connectivity index (χ0n) is 29.4. The maximum atomic E-state index is 12.0. The normalized spacial score (nSPS) is 11.1. The fraction of sp³-hybridized carbons (Fsp3) is 0.114. The van der Waals surface area contributed by atoms with Crippen LogP contribution >= 0.6 is 0 Å². The van der Waals surface area contributed by atoms with Crippen LogP contribution in [0, 0.1) is 0 Å². The van der Waals surface area contributed by atoms with E-state index in [0.717, 1.165) is 48.9 Å². The number of carbonyl (C=O) groups excluding carboxylic acids is 3. The molecule has 0 unspecified atom stereocenters.